The summed E-state index contributed by atoms with van der Waals surface area (Å²) >= 11 is 0. The molecule has 1 N–H and O–H groups in total. The molecule has 2 aliphatic heterocycles. The number of rotatable bonds is 5. The van der Waals surface area contributed by atoms with Crippen molar-refractivity contribution in [2.45, 2.75) is 19.8 Å². The van der Waals surface area contributed by atoms with Crippen molar-refractivity contribution in [3.05, 3.63) is 77.9 Å². The zero-order valence-electron chi connectivity index (χ0n) is 20.0. The van der Waals surface area contributed by atoms with Crippen molar-refractivity contribution >= 4 is 34.9 Å². The van der Waals surface area contributed by atoms with Gasteiger partial charge in [-0.1, -0.05) is 30.3 Å². The summed E-state index contributed by atoms with van der Waals surface area (Å²) in [7, 11) is 1.59. The Balaban J connectivity index is 1.40. The molecule has 35 heavy (non-hydrogen) atoms. The van der Waals surface area contributed by atoms with Crippen LogP contribution in [-0.2, 0) is 4.79 Å². The predicted octanol–water partition coefficient (Wildman–Crippen LogP) is 4.60. The highest BCUT2D eigenvalue weighted by Crippen LogP contribution is 2.34. The van der Waals surface area contributed by atoms with Crippen LogP contribution in [0, 0.1) is 6.92 Å². The maximum absolute atomic E-state index is 13.4. The van der Waals surface area contributed by atoms with Gasteiger partial charge in [0.15, 0.2) is 0 Å². The van der Waals surface area contributed by atoms with E-state index >= 15 is 0 Å². The van der Waals surface area contributed by atoms with Crippen molar-refractivity contribution < 1.29 is 14.4 Å². The largest absolute Gasteiger partial charge is 0.355 e. The number of benzene rings is 3. The molecule has 0 spiro atoms. The molecule has 2 fully saturated rings. The molecule has 0 aliphatic carbocycles. The molecule has 5 rings (SSSR count). The Morgan fingerprint density at radius 3 is 2.29 bits per heavy atom. The van der Waals surface area contributed by atoms with E-state index < -0.39 is 0 Å². The maximum atomic E-state index is 13.4. The number of carbonyl (C=O) groups is 3. The Hall–Kier alpha value is -4.13. The molecule has 3 aromatic carbocycles. The molecule has 3 aromatic rings. The summed E-state index contributed by atoms with van der Waals surface area (Å²) in [5, 5.41) is 2.62. The molecule has 0 unspecified atom stereocenters. The minimum Gasteiger partial charge on any atom is -0.355 e. The van der Waals surface area contributed by atoms with Crippen LogP contribution in [0.15, 0.2) is 66.7 Å². The summed E-state index contributed by atoms with van der Waals surface area (Å²) < 4.78 is 0. The van der Waals surface area contributed by atoms with Crippen LogP contribution < -0.4 is 20.0 Å². The number of urea groups is 1. The van der Waals surface area contributed by atoms with Crippen LogP contribution in [0.25, 0.3) is 11.1 Å². The van der Waals surface area contributed by atoms with Crippen molar-refractivity contribution in [2.24, 2.45) is 0 Å². The third-order valence-corrected chi connectivity index (χ3v) is 6.82. The predicted molar refractivity (Wildman–Crippen MR) is 138 cm³/mol. The van der Waals surface area contributed by atoms with E-state index in [1.165, 1.54) is 0 Å². The minimum absolute atomic E-state index is 0.109. The molecule has 0 radical (unpaired) electrons. The van der Waals surface area contributed by atoms with Crippen molar-refractivity contribution in [3.63, 3.8) is 0 Å². The van der Waals surface area contributed by atoms with Crippen LogP contribution in [0.1, 0.15) is 28.8 Å². The summed E-state index contributed by atoms with van der Waals surface area (Å²) in [4.78, 5) is 42.8. The van der Waals surface area contributed by atoms with Gasteiger partial charge in [-0.2, -0.15) is 0 Å². The van der Waals surface area contributed by atoms with Gasteiger partial charge in [-0.25, -0.2) is 4.79 Å². The number of nitrogens with zero attached hydrogens (tertiary/aromatic N) is 3. The number of hydrogen-bond acceptors (Lipinski definition) is 3. The van der Waals surface area contributed by atoms with Crippen LogP contribution in [0.3, 0.4) is 0 Å². The molecular formula is C28H28N4O3. The second-order valence-electron chi connectivity index (χ2n) is 8.86. The Morgan fingerprint density at radius 1 is 0.829 bits per heavy atom. The van der Waals surface area contributed by atoms with Gasteiger partial charge in [-0.05, 0) is 66.4 Å². The van der Waals surface area contributed by atoms with E-state index in [2.05, 4.69) is 11.4 Å². The van der Waals surface area contributed by atoms with E-state index in [0.29, 0.717) is 30.8 Å². The summed E-state index contributed by atoms with van der Waals surface area (Å²) in [5.41, 5.74) is 6.14. The molecule has 7 nitrogen and oxygen atoms in total. The molecule has 2 aliphatic rings. The van der Waals surface area contributed by atoms with Crippen molar-refractivity contribution in [2.75, 3.05) is 41.4 Å². The highest BCUT2D eigenvalue weighted by Gasteiger charge is 2.32. The Kier molecular flexibility index (Phi) is 5.99. The van der Waals surface area contributed by atoms with Gasteiger partial charge in [0.2, 0.25) is 5.91 Å². The second-order valence-corrected chi connectivity index (χ2v) is 8.86. The highest BCUT2D eigenvalue weighted by atomic mass is 16.2. The summed E-state index contributed by atoms with van der Waals surface area (Å²) in [6.07, 6.45) is 1.51. The van der Waals surface area contributed by atoms with E-state index in [-0.39, 0.29) is 17.8 Å². The van der Waals surface area contributed by atoms with Gasteiger partial charge < -0.3 is 10.2 Å². The molecule has 7 heteroatoms. The number of hydrogen-bond donors (Lipinski definition) is 1. The van der Waals surface area contributed by atoms with E-state index in [4.69, 9.17) is 0 Å². The summed E-state index contributed by atoms with van der Waals surface area (Å²) in [6, 6.07) is 21.1. The molecule has 2 heterocycles. The second kappa shape index (κ2) is 9.25. The smallest absolute Gasteiger partial charge is 0.329 e. The molecule has 0 saturated carbocycles. The Labute approximate surface area is 204 Å². The van der Waals surface area contributed by atoms with Crippen molar-refractivity contribution in [3.8, 4) is 11.1 Å². The lowest BCUT2D eigenvalue weighted by Gasteiger charge is -2.22. The van der Waals surface area contributed by atoms with Crippen LogP contribution in [0.4, 0.5) is 21.9 Å². The molecular weight excluding hydrogens is 440 g/mol. The first-order chi connectivity index (χ1) is 17.0. The molecule has 0 atom stereocenters. The normalized spacial score (nSPS) is 15.8. The number of nitrogens with one attached hydrogen (secondary N) is 1. The number of anilines is 3. The molecule has 0 bridgehead atoms. The summed E-state index contributed by atoms with van der Waals surface area (Å²) in [6.45, 7) is 3.90. The molecule has 0 aromatic heterocycles. The van der Waals surface area contributed by atoms with E-state index in [0.717, 1.165) is 41.0 Å². The minimum atomic E-state index is -0.181. The number of carbonyl (C=O) groups excluding carboxylic acids is 3. The third kappa shape index (κ3) is 4.14. The van der Waals surface area contributed by atoms with Gasteiger partial charge in [0.25, 0.3) is 5.91 Å². The van der Waals surface area contributed by atoms with Crippen molar-refractivity contribution in [1.29, 1.82) is 0 Å². The lowest BCUT2D eigenvalue weighted by molar-refractivity contribution is -0.117. The number of amides is 4. The molecule has 2 saturated heterocycles. The first-order valence-corrected chi connectivity index (χ1v) is 11.9. The fourth-order valence-electron chi connectivity index (χ4n) is 4.93. The molecule has 4 amide bonds. The third-order valence-electron chi connectivity index (χ3n) is 6.82. The van der Waals surface area contributed by atoms with Crippen LogP contribution in [0.5, 0.6) is 0 Å². The highest BCUT2D eigenvalue weighted by molar-refractivity contribution is 6.07. The lowest BCUT2D eigenvalue weighted by Crippen LogP contribution is -2.32. The topological polar surface area (TPSA) is 73.0 Å². The monoisotopic (exact) mass is 468 g/mol. The van der Waals surface area contributed by atoms with Gasteiger partial charge >= 0.3 is 6.03 Å². The van der Waals surface area contributed by atoms with E-state index in [1.807, 2.05) is 54.3 Å². The lowest BCUT2D eigenvalue weighted by atomic mass is 9.98. The maximum Gasteiger partial charge on any atom is 0.329 e. The molecule has 178 valence electrons. The van der Waals surface area contributed by atoms with Crippen LogP contribution in [-0.4, -0.2) is 44.5 Å². The SMILES string of the molecule is CNC(=O)c1cccc(N2CCN(c3cccc(-c4ccc(N5CCCC5=O)cc4)c3C)C2=O)c1. The van der Waals surface area contributed by atoms with Crippen LogP contribution >= 0.6 is 0 Å². The fraction of sp³-hybridized carbons (Fsp3) is 0.250. The van der Waals surface area contributed by atoms with E-state index in [9.17, 15) is 14.4 Å². The first-order valence-electron chi connectivity index (χ1n) is 11.9. The summed E-state index contributed by atoms with van der Waals surface area (Å²) in [5.74, 6) is -0.00657. The Morgan fingerprint density at radius 2 is 1.57 bits per heavy atom. The zero-order valence-corrected chi connectivity index (χ0v) is 20.0. The van der Waals surface area contributed by atoms with Crippen molar-refractivity contribution in [1.82, 2.24) is 5.32 Å². The van der Waals surface area contributed by atoms with Gasteiger partial charge in [0.1, 0.15) is 0 Å². The van der Waals surface area contributed by atoms with Crippen LogP contribution in [0.2, 0.25) is 0 Å². The Bertz CT molecular complexity index is 1300. The first kappa shape index (κ1) is 22.7. The standard InChI is InChI=1S/C28H28N4O3/c1-19-24(20-11-13-22(14-12-20)30-15-5-10-26(30)33)8-4-9-25(19)32-17-16-31(28(32)35)23-7-3-6-21(18-23)27(34)29-2/h3-4,6-9,11-14,18H,5,10,15-17H2,1-2H3,(H,29,34). The fourth-order valence-corrected chi connectivity index (χ4v) is 4.93. The zero-order chi connectivity index (χ0) is 24.5. The van der Waals surface area contributed by atoms with Gasteiger partial charge in [-0.15, -0.1) is 0 Å². The van der Waals surface area contributed by atoms with Gasteiger partial charge in [0.05, 0.1) is 0 Å². The average Bonchev–Trinajstić information content (AvgIpc) is 3.49. The van der Waals surface area contributed by atoms with Gasteiger partial charge in [0, 0.05) is 55.7 Å². The average molecular weight is 469 g/mol. The van der Waals surface area contributed by atoms with E-state index in [1.54, 1.807) is 35.0 Å². The van der Waals surface area contributed by atoms with Gasteiger partial charge in [-0.3, -0.25) is 19.4 Å². The quantitative estimate of drug-likeness (QED) is 0.595.